The third-order valence-corrected chi connectivity index (χ3v) is 1.94. The lowest BCUT2D eigenvalue weighted by atomic mass is 10.1. The van der Waals surface area contributed by atoms with Gasteiger partial charge in [-0.1, -0.05) is 13.3 Å². The first-order valence-electron chi connectivity index (χ1n) is 5.26. The van der Waals surface area contributed by atoms with Crippen LogP contribution in [-0.2, 0) is 9.53 Å². The van der Waals surface area contributed by atoms with Crippen molar-refractivity contribution in [2.45, 2.75) is 39.2 Å². The molecule has 0 heterocycles. The molecule has 0 spiro atoms. The molecular weight excluding hydrogens is 182 g/mol. The van der Waals surface area contributed by atoms with Gasteiger partial charge >= 0.3 is 5.97 Å². The van der Waals surface area contributed by atoms with Crippen molar-refractivity contribution in [1.82, 2.24) is 5.32 Å². The van der Waals surface area contributed by atoms with Crippen molar-refractivity contribution in [2.75, 3.05) is 19.8 Å². The first-order chi connectivity index (χ1) is 6.72. The Balaban J connectivity index is 3.46. The predicted octanol–water partition coefficient (Wildman–Crippen LogP) is 1.26. The Bertz CT molecular complexity index is 150. The molecule has 1 atom stereocenters. The van der Waals surface area contributed by atoms with Crippen molar-refractivity contribution in [1.29, 1.82) is 0 Å². The van der Waals surface area contributed by atoms with E-state index in [1.165, 1.54) is 0 Å². The van der Waals surface area contributed by atoms with Gasteiger partial charge in [-0.05, 0) is 26.3 Å². The molecule has 0 radical (unpaired) electrons. The standard InChI is InChI=1S/C10H21NO3/c1-3-6-9(10(12)13)11-7-5-8-14-4-2/h9,11H,3-8H2,1-2H3,(H,12,13). The first-order valence-corrected chi connectivity index (χ1v) is 5.26. The molecule has 0 bridgehead atoms. The van der Waals surface area contributed by atoms with E-state index in [9.17, 15) is 4.79 Å². The van der Waals surface area contributed by atoms with Crippen LogP contribution in [0.25, 0.3) is 0 Å². The van der Waals surface area contributed by atoms with Crippen LogP contribution in [0.2, 0.25) is 0 Å². The Labute approximate surface area is 85.6 Å². The fourth-order valence-corrected chi connectivity index (χ4v) is 1.20. The number of hydrogen-bond donors (Lipinski definition) is 2. The van der Waals surface area contributed by atoms with Crippen LogP contribution in [0.15, 0.2) is 0 Å². The highest BCUT2D eigenvalue weighted by molar-refractivity contribution is 5.73. The van der Waals surface area contributed by atoms with E-state index in [2.05, 4.69) is 5.32 Å². The molecule has 0 saturated heterocycles. The Morgan fingerprint density at radius 3 is 2.71 bits per heavy atom. The minimum absolute atomic E-state index is 0.401. The van der Waals surface area contributed by atoms with Gasteiger partial charge in [0.05, 0.1) is 0 Å². The van der Waals surface area contributed by atoms with Crippen molar-refractivity contribution in [3.63, 3.8) is 0 Å². The molecule has 4 heteroatoms. The number of carboxylic acid groups (broad SMARTS) is 1. The summed E-state index contributed by atoms with van der Waals surface area (Å²) in [5, 5.41) is 11.8. The summed E-state index contributed by atoms with van der Waals surface area (Å²) in [6.07, 6.45) is 2.43. The highest BCUT2D eigenvalue weighted by Crippen LogP contribution is 1.96. The van der Waals surface area contributed by atoms with Crippen LogP contribution in [0, 0.1) is 0 Å². The second kappa shape index (κ2) is 8.97. The number of carbonyl (C=O) groups is 1. The summed E-state index contributed by atoms with van der Waals surface area (Å²) >= 11 is 0. The maximum atomic E-state index is 10.7. The molecule has 84 valence electrons. The first kappa shape index (κ1) is 13.4. The molecule has 0 amide bonds. The fraction of sp³-hybridized carbons (Fsp3) is 0.900. The maximum absolute atomic E-state index is 10.7. The molecule has 0 aliphatic rings. The molecule has 0 aromatic rings. The molecule has 4 nitrogen and oxygen atoms in total. The number of carboxylic acids is 1. The molecule has 14 heavy (non-hydrogen) atoms. The molecule has 0 aromatic heterocycles. The van der Waals surface area contributed by atoms with Gasteiger partial charge in [0.15, 0.2) is 0 Å². The summed E-state index contributed by atoms with van der Waals surface area (Å²) in [5.41, 5.74) is 0. The Morgan fingerprint density at radius 1 is 1.50 bits per heavy atom. The van der Waals surface area contributed by atoms with E-state index < -0.39 is 12.0 Å². The van der Waals surface area contributed by atoms with Gasteiger partial charge in [-0.15, -0.1) is 0 Å². The van der Waals surface area contributed by atoms with Crippen molar-refractivity contribution in [3.05, 3.63) is 0 Å². The van der Waals surface area contributed by atoms with Crippen molar-refractivity contribution < 1.29 is 14.6 Å². The molecule has 0 aromatic carbocycles. The lowest BCUT2D eigenvalue weighted by Crippen LogP contribution is -2.37. The van der Waals surface area contributed by atoms with Crippen LogP contribution < -0.4 is 5.32 Å². The topological polar surface area (TPSA) is 58.6 Å². The Hall–Kier alpha value is -0.610. The third kappa shape index (κ3) is 6.86. The Morgan fingerprint density at radius 2 is 2.21 bits per heavy atom. The maximum Gasteiger partial charge on any atom is 0.320 e. The molecule has 2 N–H and O–H groups in total. The van der Waals surface area contributed by atoms with Crippen molar-refractivity contribution in [2.24, 2.45) is 0 Å². The van der Waals surface area contributed by atoms with Gasteiger partial charge in [-0.25, -0.2) is 0 Å². The van der Waals surface area contributed by atoms with Crippen molar-refractivity contribution >= 4 is 5.97 Å². The lowest BCUT2D eigenvalue weighted by molar-refractivity contribution is -0.139. The summed E-state index contributed by atoms with van der Waals surface area (Å²) in [6, 6.07) is -0.401. The predicted molar refractivity (Wildman–Crippen MR) is 55.4 cm³/mol. The van der Waals surface area contributed by atoms with E-state index in [-0.39, 0.29) is 0 Å². The van der Waals surface area contributed by atoms with E-state index >= 15 is 0 Å². The molecule has 0 fully saturated rings. The van der Waals surface area contributed by atoms with Crippen LogP contribution in [0.5, 0.6) is 0 Å². The summed E-state index contributed by atoms with van der Waals surface area (Å²) in [6.45, 7) is 6.05. The quantitative estimate of drug-likeness (QED) is 0.554. The minimum atomic E-state index is -0.761. The van der Waals surface area contributed by atoms with E-state index in [1.807, 2.05) is 13.8 Å². The fourth-order valence-electron chi connectivity index (χ4n) is 1.20. The van der Waals surface area contributed by atoms with Gasteiger partial charge < -0.3 is 15.2 Å². The summed E-state index contributed by atoms with van der Waals surface area (Å²) in [7, 11) is 0. The monoisotopic (exact) mass is 203 g/mol. The van der Waals surface area contributed by atoms with E-state index in [0.29, 0.717) is 19.6 Å². The van der Waals surface area contributed by atoms with E-state index in [4.69, 9.17) is 9.84 Å². The highest BCUT2D eigenvalue weighted by atomic mass is 16.5. The molecule has 1 unspecified atom stereocenters. The lowest BCUT2D eigenvalue weighted by Gasteiger charge is -2.12. The highest BCUT2D eigenvalue weighted by Gasteiger charge is 2.14. The van der Waals surface area contributed by atoms with Crippen molar-refractivity contribution in [3.8, 4) is 0 Å². The number of rotatable bonds is 9. The summed E-state index contributed by atoms with van der Waals surface area (Å²) < 4.78 is 5.15. The molecular formula is C10H21NO3. The van der Waals surface area contributed by atoms with Gasteiger partial charge in [-0.2, -0.15) is 0 Å². The SMILES string of the molecule is CCCC(NCCCOCC)C(=O)O. The van der Waals surface area contributed by atoms with Gasteiger partial charge in [0.25, 0.3) is 0 Å². The van der Waals surface area contributed by atoms with Gasteiger partial charge in [0.1, 0.15) is 6.04 Å². The molecule has 0 aliphatic carbocycles. The van der Waals surface area contributed by atoms with E-state index in [0.717, 1.165) is 19.4 Å². The summed E-state index contributed by atoms with van der Waals surface area (Å²) in [4.78, 5) is 10.7. The molecule has 0 saturated carbocycles. The van der Waals surface area contributed by atoms with Crippen LogP contribution in [0.3, 0.4) is 0 Å². The second-order valence-corrected chi connectivity index (χ2v) is 3.18. The average molecular weight is 203 g/mol. The normalized spacial score (nSPS) is 12.7. The Kier molecular flexibility index (Phi) is 8.57. The second-order valence-electron chi connectivity index (χ2n) is 3.18. The minimum Gasteiger partial charge on any atom is -0.480 e. The number of aliphatic carboxylic acids is 1. The summed E-state index contributed by atoms with van der Waals surface area (Å²) in [5.74, 6) is -0.761. The zero-order valence-corrected chi connectivity index (χ0v) is 9.08. The van der Waals surface area contributed by atoms with Crippen LogP contribution in [-0.4, -0.2) is 36.9 Å². The molecule has 0 aliphatic heterocycles. The number of ether oxygens (including phenoxy) is 1. The molecule has 0 rings (SSSR count). The van der Waals surface area contributed by atoms with Gasteiger partial charge in [0.2, 0.25) is 0 Å². The van der Waals surface area contributed by atoms with Crippen LogP contribution >= 0.6 is 0 Å². The average Bonchev–Trinajstić information content (AvgIpc) is 2.15. The zero-order chi connectivity index (χ0) is 10.8. The largest absolute Gasteiger partial charge is 0.480 e. The smallest absolute Gasteiger partial charge is 0.320 e. The van der Waals surface area contributed by atoms with Gasteiger partial charge in [-0.3, -0.25) is 4.79 Å². The van der Waals surface area contributed by atoms with Gasteiger partial charge in [0, 0.05) is 13.2 Å². The third-order valence-electron chi connectivity index (χ3n) is 1.94. The van der Waals surface area contributed by atoms with Crippen LogP contribution in [0.4, 0.5) is 0 Å². The van der Waals surface area contributed by atoms with Crippen LogP contribution in [0.1, 0.15) is 33.1 Å². The number of hydrogen-bond acceptors (Lipinski definition) is 3. The zero-order valence-electron chi connectivity index (χ0n) is 9.08. The number of nitrogens with one attached hydrogen (secondary N) is 1. The van der Waals surface area contributed by atoms with E-state index in [1.54, 1.807) is 0 Å².